The average molecular weight is 447 g/mol. The Morgan fingerprint density at radius 3 is 2.42 bits per heavy atom. The van der Waals surface area contributed by atoms with E-state index in [1.165, 1.54) is 4.90 Å². The summed E-state index contributed by atoms with van der Waals surface area (Å²) < 4.78 is 5.57. The maximum Gasteiger partial charge on any atom is 0.316 e. The first-order valence-corrected chi connectivity index (χ1v) is 11.5. The van der Waals surface area contributed by atoms with Crippen molar-refractivity contribution in [3.05, 3.63) is 54.6 Å². The molecule has 4 atom stereocenters. The average Bonchev–Trinajstić information content (AvgIpc) is 3.32. The Labute approximate surface area is 192 Å². The van der Waals surface area contributed by atoms with Gasteiger partial charge in [0.05, 0.1) is 23.4 Å². The summed E-state index contributed by atoms with van der Waals surface area (Å²) in [6.07, 6.45) is 2.49. The zero-order valence-electron chi connectivity index (χ0n) is 18.5. The number of nitrogens with zero attached hydrogens (tertiary/aromatic N) is 2. The summed E-state index contributed by atoms with van der Waals surface area (Å²) in [4.78, 5) is 54.0. The Bertz CT molecular complexity index is 1110. The topological polar surface area (TPSA) is 84.0 Å². The number of carbonyl (C=O) groups excluding carboxylic acids is 4. The summed E-state index contributed by atoms with van der Waals surface area (Å²) in [5.74, 6) is -1.37. The summed E-state index contributed by atoms with van der Waals surface area (Å²) in [6, 6.07) is 15.7. The molecule has 0 bridgehead atoms. The highest BCUT2D eigenvalue weighted by Gasteiger charge is 2.50. The highest BCUT2D eigenvalue weighted by atomic mass is 16.5. The SMILES string of the molecule is C[C@@H]1CC[C@@H]2C(=O)N(c3cccc(OC(=O)[C@@H]4CC(=O)N(c5ccccc5)C4)c3)C(=O)[C@H]2C1. The smallest absolute Gasteiger partial charge is 0.316 e. The third-order valence-corrected chi connectivity index (χ3v) is 7.01. The number of amides is 3. The van der Waals surface area contributed by atoms with E-state index in [4.69, 9.17) is 4.74 Å². The number of rotatable bonds is 4. The first kappa shape index (κ1) is 21.4. The Morgan fingerprint density at radius 1 is 0.909 bits per heavy atom. The fourth-order valence-electron chi connectivity index (χ4n) is 5.25. The van der Waals surface area contributed by atoms with Gasteiger partial charge in [-0.3, -0.25) is 19.2 Å². The van der Waals surface area contributed by atoms with Crippen molar-refractivity contribution in [3.8, 4) is 5.75 Å². The van der Waals surface area contributed by atoms with E-state index < -0.39 is 11.9 Å². The molecule has 2 aromatic rings. The van der Waals surface area contributed by atoms with E-state index in [9.17, 15) is 19.2 Å². The first-order valence-electron chi connectivity index (χ1n) is 11.5. The maximum atomic E-state index is 13.0. The number of carbonyl (C=O) groups is 4. The molecular formula is C26H26N2O5. The summed E-state index contributed by atoms with van der Waals surface area (Å²) in [7, 11) is 0. The predicted molar refractivity (Wildman–Crippen MR) is 121 cm³/mol. The molecule has 0 radical (unpaired) electrons. The molecule has 0 N–H and O–H groups in total. The number of benzene rings is 2. The Hall–Kier alpha value is -3.48. The third-order valence-electron chi connectivity index (χ3n) is 7.01. The molecular weight excluding hydrogens is 420 g/mol. The molecule has 0 unspecified atom stereocenters. The van der Waals surface area contributed by atoms with Crippen LogP contribution in [0, 0.1) is 23.7 Å². The van der Waals surface area contributed by atoms with E-state index >= 15 is 0 Å². The second-order valence-corrected chi connectivity index (χ2v) is 9.30. The summed E-state index contributed by atoms with van der Waals surface area (Å²) >= 11 is 0. The number of para-hydroxylation sites is 1. The highest BCUT2D eigenvalue weighted by Crippen LogP contribution is 2.42. The maximum absolute atomic E-state index is 13.0. The molecule has 3 aliphatic rings. The van der Waals surface area contributed by atoms with E-state index in [2.05, 4.69) is 6.92 Å². The minimum atomic E-state index is -0.583. The van der Waals surface area contributed by atoms with Crippen molar-refractivity contribution in [1.29, 1.82) is 0 Å². The van der Waals surface area contributed by atoms with Crippen LogP contribution in [0.1, 0.15) is 32.6 Å². The van der Waals surface area contributed by atoms with Crippen LogP contribution in [0.15, 0.2) is 54.6 Å². The van der Waals surface area contributed by atoms with Gasteiger partial charge in [-0.05, 0) is 49.4 Å². The van der Waals surface area contributed by atoms with Crippen LogP contribution < -0.4 is 14.5 Å². The number of esters is 1. The van der Waals surface area contributed by atoms with Crippen molar-refractivity contribution >= 4 is 35.1 Å². The van der Waals surface area contributed by atoms with Gasteiger partial charge in [0.25, 0.3) is 0 Å². The largest absolute Gasteiger partial charge is 0.426 e. The summed E-state index contributed by atoms with van der Waals surface area (Å²) in [6.45, 7) is 2.37. The van der Waals surface area contributed by atoms with Gasteiger partial charge in [-0.1, -0.05) is 31.2 Å². The van der Waals surface area contributed by atoms with Crippen LogP contribution in [0.3, 0.4) is 0 Å². The highest BCUT2D eigenvalue weighted by molar-refractivity contribution is 6.22. The van der Waals surface area contributed by atoms with E-state index in [1.54, 1.807) is 29.2 Å². The lowest BCUT2D eigenvalue weighted by atomic mass is 9.76. The molecule has 7 nitrogen and oxygen atoms in total. The first-order chi connectivity index (χ1) is 15.9. The predicted octanol–water partition coefficient (Wildman–Crippen LogP) is 3.57. The van der Waals surface area contributed by atoms with Crippen LogP contribution in [-0.4, -0.2) is 30.2 Å². The van der Waals surface area contributed by atoms with Crippen LogP contribution in [-0.2, 0) is 19.2 Å². The third kappa shape index (κ3) is 3.92. The van der Waals surface area contributed by atoms with Crippen molar-refractivity contribution in [2.75, 3.05) is 16.3 Å². The molecule has 1 saturated carbocycles. The van der Waals surface area contributed by atoms with Crippen LogP contribution in [0.5, 0.6) is 5.75 Å². The van der Waals surface area contributed by atoms with E-state index in [0.29, 0.717) is 11.6 Å². The van der Waals surface area contributed by atoms with Crippen molar-refractivity contribution in [1.82, 2.24) is 0 Å². The van der Waals surface area contributed by atoms with Crippen LogP contribution in [0.2, 0.25) is 0 Å². The van der Waals surface area contributed by atoms with Crippen LogP contribution in [0.25, 0.3) is 0 Å². The minimum Gasteiger partial charge on any atom is -0.426 e. The molecule has 2 aliphatic heterocycles. The van der Waals surface area contributed by atoms with Crippen LogP contribution >= 0.6 is 0 Å². The van der Waals surface area contributed by atoms with Gasteiger partial charge >= 0.3 is 5.97 Å². The standard InChI is InChI=1S/C26H26N2O5/c1-16-10-11-21-22(12-16)25(31)28(24(21)30)19-8-5-9-20(14-19)33-26(32)17-13-23(29)27(15-17)18-6-3-2-4-7-18/h2-9,14,16-17,21-22H,10-13,15H2,1H3/t16-,17-,21+,22+/m1/s1. The lowest BCUT2D eigenvalue weighted by Gasteiger charge is -2.25. The van der Waals surface area contributed by atoms with Gasteiger partial charge in [-0.2, -0.15) is 0 Å². The van der Waals surface area contributed by atoms with Crippen molar-refractivity contribution in [2.45, 2.75) is 32.6 Å². The molecule has 1 aliphatic carbocycles. The van der Waals surface area contributed by atoms with Gasteiger partial charge < -0.3 is 9.64 Å². The second-order valence-electron chi connectivity index (χ2n) is 9.30. The van der Waals surface area contributed by atoms with Gasteiger partial charge in [0.1, 0.15) is 5.75 Å². The van der Waals surface area contributed by atoms with Gasteiger partial charge in [0, 0.05) is 24.7 Å². The number of imide groups is 1. The zero-order valence-corrected chi connectivity index (χ0v) is 18.5. The number of anilines is 2. The molecule has 0 spiro atoms. The Morgan fingerprint density at radius 2 is 1.64 bits per heavy atom. The quantitative estimate of drug-likeness (QED) is 0.407. The molecule has 2 saturated heterocycles. The van der Waals surface area contributed by atoms with E-state index in [1.807, 2.05) is 30.3 Å². The molecule has 3 fully saturated rings. The van der Waals surface area contributed by atoms with Gasteiger partial charge in [0.2, 0.25) is 17.7 Å². The van der Waals surface area contributed by atoms with Gasteiger partial charge in [-0.25, -0.2) is 4.90 Å². The van der Waals surface area contributed by atoms with Crippen molar-refractivity contribution in [3.63, 3.8) is 0 Å². The number of hydrogen-bond donors (Lipinski definition) is 0. The fourth-order valence-corrected chi connectivity index (χ4v) is 5.25. The number of hydrogen-bond acceptors (Lipinski definition) is 5. The molecule has 5 rings (SSSR count). The molecule has 7 heteroatoms. The number of fused-ring (bicyclic) bond motifs is 1. The van der Waals surface area contributed by atoms with Crippen molar-refractivity contribution in [2.24, 2.45) is 23.7 Å². The second kappa shape index (κ2) is 8.46. The lowest BCUT2D eigenvalue weighted by Crippen LogP contribution is -2.31. The van der Waals surface area contributed by atoms with Gasteiger partial charge in [-0.15, -0.1) is 0 Å². The number of ether oxygens (including phenoxy) is 1. The fraction of sp³-hybridized carbons (Fsp3) is 0.385. The lowest BCUT2D eigenvalue weighted by molar-refractivity contribution is -0.139. The molecule has 2 aromatic carbocycles. The van der Waals surface area contributed by atoms with Gasteiger partial charge in [0.15, 0.2) is 0 Å². The molecule has 3 amide bonds. The zero-order chi connectivity index (χ0) is 23.1. The summed E-state index contributed by atoms with van der Waals surface area (Å²) in [5.41, 5.74) is 1.17. The normalized spacial score (nSPS) is 27.1. The van der Waals surface area contributed by atoms with Crippen LogP contribution in [0.4, 0.5) is 11.4 Å². The monoisotopic (exact) mass is 446 g/mol. The summed E-state index contributed by atoms with van der Waals surface area (Å²) in [5, 5.41) is 0. The van der Waals surface area contributed by atoms with Crippen molar-refractivity contribution < 1.29 is 23.9 Å². The molecule has 33 heavy (non-hydrogen) atoms. The Kier molecular flexibility index (Phi) is 5.48. The molecule has 170 valence electrons. The van der Waals surface area contributed by atoms with E-state index in [-0.39, 0.29) is 48.3 Å². The molecule has 2 heterocycles. The Balaban J connectivity index is 1.29. The molecule has 0 aromatic heterocycles. The minimum absolute atomic E-state index is 0.0814. The van der Waals surface area contributed by atoms with E-state index in [0.717, 1.165) is 24.9 Å².